The number of ether oxygens (including phenoxy) is 2. The molecule has 1 saturated heterocycles. The van der Waals surface area contributed by atoms with Crippen LogP contribution in [0.4, 0.5) is 0 Å². The van der Waals surface area contributed by atoms with E-state index in [-0.39, 0.29) is 5.97 Å². The number of hydrogen-bond acceptors (Lipinski definition) is 4. The van der Waals surface area contributed by atoms with Crippen LogP contribution in [0, 0.1) is 0 Å². The van der Waals surface area contributed by atoms with Crippen molar-refractivity contribution in [1.29, 1.82) is 0 Å². The van der Waals surface area contributed by atoms with Crippen LogP contribution in [0.2, 0.25) is 0 Å². The highest BCUT2D eigenvalue weighted by Gasteiger charge is 2.13. The van der Waals surface area contributed by atoms with Crippen molar-refractivity contribution < 1.29 is 14.3 Å². The minimum absolute atomic E-state index is 0.315. The van der Waals surface area contributed by atoms with Crippen molar-refractivity contribution in [3.8, 4) is 0 Å². The molecule has 74 valence electrons. The second kappa shape index (κ2) is 5.72. The SMILES string of the molecule is COC(=O)/C=C/CNC1CCOC1. The molecule has 1 fully saturated rings. The van der Waals surface area contributed by atoms with Crippen molar-refractivity contribution in [2.24, 2.45) is 0 Å². The van der Waals surface area contributed by atoms with E-state index in [0.29, 0.717) is 12.6 Å². The largest absolute Gasteiger partial charge is 0.466 e. The number of carbonyl (C=O) groups is 1. The maximum absolute atomic E-state index is 10.6. The van der Waals surface area contributed by atoms with Crippen LogP contribution in [0.1, 0.15) is 6.42 Å². The van der Waals surface area contributed by atoms with E-state index in [9.17, 15) is 4.79 Å². The van der Waals surface area contributed by atoms with Gasteiger partial charge in [-0.25, -0.2) is 4.79 Å². The Morgan fingerprint density at radius 2 is 2.62 bits per heavy atom. The van der Waals surface area contributed by atoms with Crippen molar-refractivity contribution in [2.45, 2.75) is 12.5 Å². The summed E-state index contributed by atoms with van der Waals surface area (Å²) in [4.78, 5) is 10.6. The van der Waals surface area contributed by atoms with E-state index in [2.05, 4.69) is 10.1 Å². The maximum Gasteiger partial charge on any atom is 0.330 e. The van der Waals surface area contributed by atoms with Gasteiger partial charge in [0.1, 0.15) is 0 Å². The van der Waals surface area contributed by atoms with Gasteiger partial charge >= 0.3 is 5.97 Å². The van der Waals surface area contributed by atoms with E-state index in [4.69, 9.17) is 4.74 Å². The summed E-state index contributed by atoms with van der Waals surface area (Å²) in [6.07, 6.45) is 4.22. The highest BCUT2D eigenvalue weighted by Crippen LogP contribution is 2.02. The molecule has 1 heterocycles. The molecule has 4 nitrogen and oxygen atoms in total. The van der Waals surface area contributed by atoms with Gasteiger partial charge in [0.2, 0.25) is 0 Å². The van der Waals surface area contributed by atoms with Crippen LogP contribution < -0.4 is 5.32 Å². The minimum atomic E-state index is -0.315. The lowest BCUT2D eigenvalue weighted by atomic mass is 10.2. The molecule has 1 atom stereocenters. The molecule has 0 bridgehead atoms. The Kier molecular flexibility index (Phi) is 4.49. The van der Waals surface area contributed by atoms with Gasteiger partial charge in [0.05, 0.1) is 13.7 Å². The molecule has 0 amide bonds. The number of nitrogens with one attached hydrogen (secondary N) is 1. The molecule has 1 unspecified atom stereocenters. The molecule has 0 spiro atoms. The summed E-state index contributed by atoms with van der Waals surface area (Å²) in [5, 5.41) is 3.24. The summed E-state index contributed by atoms with van der Waals surface area (Å²) in [6.45, 7) is 2.29. The van der Waals surface area contributed by atoms with Gasteiger partial charge in [0.15, 0.2) is 0 Å². The lowest BCUT2D eigenvalue weighted by molar-refractivity contribution is -0.134. The summed E-state index contributed by atoms with van der Waals surface area (Å²) in [7, 11) is 1.37. The highest BCUT2D eigenvalue weighted by atomic mass is 16.5. The Labute approximate surface area is 77.9 Å². The average Bonchev–Trinajstić information content (AvgIpc) is 2.64. The van der Waals surface area contributed by atoms with E-state index < -0.39 is 0 Å². The lowest BCUT2D eigenvalue weighted by Crippen LogP contribution is -2.29. The molecule has 1 aliphatic heterocycles. The fourth-order valence-electron chi connectivity index (χ4n) is 1.15. The second-order valence-corrected chi connectivity index (χ2v) is 2.89. The molecule has 0 radical (unpaired) electrons. The fraction of sp³-hybridized carbons (Fsp3) is 0.667. The Morgan fingerprint density at radius 3 is 3.23 bits per heavy atom. The van der Waals surface area contributed by atoms with E-state index >= 15 is 0 Å². The van der Waals surface area contributed by atoms with E-state index in [1.54, 1.807) is 6.08 Å². The molecule has 1 rings (SSSR count). The molecule has 0 aromatic carbocycles. The van der Waals surface area contributed by atoms with Gasteiger partial charge in [-0.15, -0.1) is 0 Å². The molecule has 0 aliphatic carbocycles. The predicted octanol–water partition coefficient (Wildman–Crippen LogP) is 0.0941. The summed E-state index contributed by atoms with van der Waals surface area (Å²) < 4.78 is 9.62. The summed E-state index contributed by atoms with van der Waals surface area (Å²) >= 11 is 0. The normalized spacial score (nSPS) is 22.4. The van der Waals surface area contributed by atoms with Gasteiger partial charge in [0.25, 0.3) is 0 Å². The monoisotopic (exact) mass is 185 g/mol. The molecular weight excluding hydrogens is 170 g/mol. The first-order valence-electron chi connectivity index (χ1n) is 4.38. The van der Waals surface area contributed by atoms with Crippen LogP contribution in [0.5, 0.6) is 0 Å². The van der Waals surface area contributed by atoms with Crippen molar-refractivity contribution in [1.82, 2.24) is 5.32 Å². The van der Waals surface area contributed by atoms with E-state index in [1.165, 1.54) is 13.2 Å². The average molecular weight is 185 g/mol. The van der Waals surface area contributed by atoms with E-state index in [0.717, 1.165) is 19.6 Å². The quantitative estimate of drug-likeness (QED) is 0.498. The van der Waals surface area contributed by atoms with Gasteiger partial charge in [-0.2, -0.15) is 0 Å². The number of rotatable bonds is 4. The third kappa shape index (κ3) is 4.05. The van der Waals surface area contributed by atoms with Gasteiger partial charge in [0, 0.05) is 25.3 Å². The molecule has 0 aromatic heterocycles. The van der Waals surface area contributed by atoms with Gasteiger partial charge in [-0.1, -0.05) is 6.08 Å². The van der Waals surface area contributed by atoms with Gasteiger partial charge in [-0.05, 0) is 6.42 Å². The smallest absolute Gasteiger partial charge is 0.330 e. The third-order valence-electron chi connectivity index (χ3n) is 1.91. The lowest BCUT2D eigenvalue weighted by Gasteiger charge is -2.06. The van der Waals surface area contributed by atoms with Crippen LogP contribution >= 0.6 is 0 Å². The first-order valence-corrected chi connectivity index (χ1v) is 4.38. The number of carbonyl (C=O) groups excluding carboxylic acids is 1. The predicted molar refractivity (Wildman–Crippen MR) is 48.4 cm³/mol. The van der Waals surface area contributed by atoms with Crippen molar-refractivity contribution in [2.75, 3.05) is 26.9 Å². The second-order valence-electron chi connectivity index (χ2n) is 2.89. The number of esters is 1. The third-order valence-corrected chi connectivity index (χ3v) is 1.91. The molecule has 0 aromatic rings. The molecule has 1 N–H and O–H groups in total. The van der Waals surface area contributed by atoms with Crippen molar-refractivity contribution in [3.63, 3.8) is 0 Å². The zero-order valence-electron chi connectivity index (χ0n) is 7.79. The van der Waals surface area contributed by atoms with Crippen LogP contribution in [-0.2, 0) is 14.3 Å². The Morgan fingerprint density at radius 1 is 1.77 bits per heavy atom. The Bertz CT molecular complexity index is 185. The molecule has 13 heavy (non-hydrogen) atoms. The maximum atomic E-state index is 10.6. The van der Waals surface area contributed by atoms with Gasteiger partial charge in [-0.3, -0.25) is 0 Å². The van der Waals surface area contributed by atoms with Crippen molar-refractivity contribution in [3.05, 3.63) is 12.2 Å². The standard InChI is InChI=1S/C9H15NO3/c1-12-9(11)3-2-5-10-8-4-6-13-7-8/h2-3,8,10H,4-7H2,1H3/b3-2+. The molecule has 1 aliphatic rings. The topological polar surface area (TPSA) is 47.6 Å². The first-order chi connectivity index (χ1) is 6.33. The summed E-state index contributed by atoms with van der Waals surface area (Å²) in [6, 6.07) is 0.433. The Balaban J connectivity index is 2.05. The van der Waals surface area contributed by atoms with Crippen LogP contribution in [-0.4, -0.2) is 38.9 Å². The zero-order valence-corrected chi connectivity index (χ0v) is 7.79. The fourth-order valence-corrected chi connectivity index (χ4v) is 1.15. The number of methoxy groups -OCH3 is 1. The van der Waals surface area contributed by atoms with Crippen LogP contribution in [0.15, 0.2) is 12.2 Å². The zero-order chi connectivity index (χ0) is 9.52. The summed E-state index contributed by atoms with van der Waals surface area (Å²) in [5.41, 5.74) is 0. The van der Waals surface area contributed by atoms with Crippen molar-refractivity contribution >= 4 is 5.97 Å². The van der Waals surface area contributed by atoms with Gasteiger partial charge < -0.3 is 14.8 Å². The summed E-state index contributed by atoms with van der Waals surface area (Å²) in [5.74, 6) is -0.315. The Hall–Kier alpha value is -0.870. The van der Waals surface area contributed by atoms with Crippen LogP contribution in [0.3, 0.4) is 0 Å². The molecule has 0 saturated carbocycles. The highest BCUT2D eigenvalue weighted by molar-refractivity contribution is 5.81. The van der Waals surface area contributed by atoms with E-state index in [1.807, 2.05) is 0 Å². The van der Waals surface area contributed by atoms with Crippen LogP contribution in [0.25, 0.3) is 0 Å². The first kappa shape index (κ1) is 10.2. The molecule has 4 heteroatoms. The minimum Gasteiger partial charge on any atom is -0.466 e. The number of hydrogen-bond donors (Lipinski definition) is 1. The molecular formula is C9H15NO3.